The molecule has 0 aliphatic rings. The summed E-state index contributed by atoms with van der Waals surface area (Å²) in [5.74, 6) is 2.84. The van der Waals surface area contributed by atoms with E-state index < -0.39 is 0 Å². The first-order valence-electron chi connectivity index (χ1n) is 5.28. The summed E-state index contributed by atoms with van der Waals surface area (Å²) in [6.45, 7) is 3.97. The zero-order chi connectivity index (χ0) is 11.3. The van der Waals surface area contributed by atoms with E-state index in [0.29, 0.717) is 12.2 Å². The maximum atomic E-state index is 11.7. The van der Waals surface area contributed by atoms with Gasteiger partial charge in [-0.15, -0.1) is 6.42 Å². The highest BCUT2D eigenvalue weighted by Crippen LogP contribution is 2.18. The number of carbonyl (C=O) groups excluding carboxylic acids is 1. The fourth-order valence-corrected chi connectivity index (χ4v) is 1.52. The Bertz CT molecular complexity index is 367. The first kappa shape index (κ1) is 11.5. The molecule has 1 rings (SSSR count). The number of Topliss-reactive ketones (excluding diaryl/α,β-unsaturated/α-hetero) is 1. The van der Waals surface area contributed by atoms with Gasteiger partial charge >= 0.3 is 0 Å². The molecule has 0 aromatic heterocycles. The summed E-state index contributed by atoms with van der Waals surface area (Å²) < 4.78 is 0. The summed E-state index contributed by atoms with van der Waals surface area (Å²) in [6, 6.07) is 7.64. The van der Waals surface area contributed by atoms with Crippen molar-refractivity contribution < 1.29 is 4.79 Å². The molecule has 0 spiro atoms. The highest BCUT2D eigenvalue weighted by atomic mass is 16.1. The van der Waals surface area contributed by atoms with Crippen LogP contribution in [0.25, 0.3) is 0 Å². The largest absolute Gasteiger partial charge is 0.299 e. The molecule has 0 saturated carbocycles. The van der Waals surface area contributed by atoms with E-state index in [1.54, 1.807) is 0 Å². The first-order valence-corrected chi connectivity index (χ1v) is 5.28. The predicted molar refractivity (Wildman–Crippen MR) is 62.7 cm³/mol. The normalized spacial score (nSPS) is 11.8. The van der Waals surface area contributed by atoms with Crippen molar-refractivity contribution >= 4 is 5.78 Å². The van der Waals surface area contributed by atoms with Crippen LogP contribution < -0.4 is 0 Å². The summed E-state index contributed by atoms with van der Waals surface area (Å²) in [6.07, 6.45) is 6.83. The molecule has 1 aromatic carbocycles. The molecule has 0 aliphatic heterocycles. The van der Waals surface area contributed by atoms with E-state index in [0.717, 1.165) is 17.5 Å². The van der Waals surface area contributed by atoms with E-state index >= 15 is 0 Å². The van der Waals surface area contributed by atoms with Gasteiger partial charge in [0.05, 0.1) is 0 Å². The minimum absolute atomic E-state index is 0.0169. The molecular formula is C14H16O. The zero-order valence-corrected chi connectivity index (χ0v) is 9.29. The fraction of sp³-hybridized carbons (Fsp3) is 0.357. The smallest absolute Gasteiger partial charge is 0.140 e. The van der Waals surface area contributed by atoms with Crippen LogP contribution in [-0.4, -0.2) is 5.78 Å². The van der Waals surface area contributed by atoms with Crippen molar-refractivity contribution in [1.29, 1.82) is 0 Å². The standard InChI is InChI=1S/C14H16O/c1-4-6-14(15)11(3)13-9-7-12(5-2)8-10-13/h2,7-11H,4,6H2,1,3H3. The van der Waals surface area contributed by atoms with Crippen molar-refractivity contribution in [2.75, 3.05) is 0 Å². The second kappa shape index (κ2) is 5.36. The van der Waals surface area contributed by atoms with E-state index in [1.165, 1.54) is 0 Å². The van der Waals surface area contributed by atoms with Gasteiger partial charge in [-0.3, -0.25) is 4.79 Å². The van der Waals surface area contributed by atoms with Crippen LogP contribution in [0.4, 0.5) is 0 Å². The molecule has 1 unspecified atom stereocenters. The van der Waals surface area contributed by atoms with Crippen LogP contribution in [0.1, 0.15) is 43.7 Å². The molecule has 0 heterocycles. The van der Waals surface area contributed by atoms with Gasteiger partial charge < -0.3 is 0 Å². The van der Waals surface area contributed by atoms with Gasteiger partial charge in [0, 0.05) is 17.9 Å². The van der Waals surface area contributed by atoms with Gasteiger partial charge in [-0.25, -0.2) is 0 Å². The minimum Gasteiger partial charge on any atom is -0.299 e. The molecule has 0 amide bonds. The number of terminal acetylenes is 1. The number of benzene rings is 1. The number of hydrogen-bond donors (Lipinski definition) is 0. The van der Waals surface area contributed by atoms with E-state index in [-0.39, 0.29) is 5.92 Å². The predicted octanol–water partition coefficient (Wildman–Crippen LogP) is 3.14. The summed E-state index contributed by atoms with van der Waals surface area (Å²) in [5, 5.41) is 0. The van der Waals surface area contributed by atoms with Gasteiger partial charge in [-0.1, -0.05) is 31.9 Å². The average molecular weight is 200 g/mol. The summed E-state index contributed by atoms with van der Waals surface area (Å²) >= 11 is 0. The van der Waals surface area contributed by atoms with Crippen LogP contribution in [0.3, 0.4) is 0 Å². The molecule has 15 heavy (non-hydrogen) atoms. The quantitative estimate of drug-likeness (QED) is 0.682. The maximum Gasteiger partial charge on any atom is 0.140 e. The van der Waals surface area contributed by atoms with Crippen LogP contribution in [0, 0.1) is 12.3 Å². The summed E-state index contributed by atoms with van der Waals surface area (Å²) in [4.78, 5) is 11.7. The molecule has 78 valence electrons. The zero-order valence-electron chi connectivity index (χ0n) is 9.29. The Kier molecular flexibility index (Phi) is 4.12. The van der Waals surface area contributed by atoms with Crippen molar-refractivity contribution in [3.05, 3.63) is 35.4 Å². The van der Waals surface area contributed by atoms with E-state index in [1.807, 2.05) is 38.1 Å². The third-order valence-corrected chi connectivity index (χ3v) is 2.56. The average Bonchev–Trinajstić information content (AvgIpc) is 2.28. The van der Waals surface area contributed by atoms with Crippen LogP contribution in [0.15, 0.2) is 24.3 Å². The van der Waals surface area contributed by atoms with Crippen LogP contribution >= 0.6 is 0 Å². The van der Waals surface area contributed by atoms with Gasteiger partial charge in [0.2, 0.25) is 0 Å². The van der Waals surface area contributed by atoms with Crippen LogP contribution in [0.5, 0.6) is 0 Å². The molecule has 0 saturated heterocycles. The van der Waals surface area contributed by atoms with Crippen molar-refractivity contribution in [2.45, 2.75) is 32.6 Å². The Balaban J connectivity index is 2.79. The fourth-order valence-electron chi connectivity index (χ4n) is 1.52. The van der Waals surface area contributed by atoms with Crippen molar-refractivity contribution in [3.63, 3.8) is 0 Å². The SMILES string of the molecule is C#Cc1ccc(C(C)C(=O)CCC)cc1. The lowest BCUT2D eigenvalue weighted by molar-refractivity contribution is -0.120. The second-order valence-electron chi connectivity index (χ2n) is 3.70. The minimum atomic E-state index is -0.0169. The molecule has 0 fully saturated rings. The van der Waals surface area contributed by atoms with E-state index in [2.05, 4.69) is 5.92 Å². The molecule has 1 heteroatoms. The molecule has 0 bridgehead atoms. The van der Waals surface area contributed by atoms with Gasteiger partial charge in [-0.2, -0.15) is 0 Å². The second-order valence-corrected chi connectivity index (χ2v) is 3.70. The molecule has 1 aromatic rings. The number of ketones is 1. The third kappa shape index (κ3) is 2.95. The van der Waals surface area contributed by atoms with E-state index in [4.69, 9.17) is 6.42 Å². The summed E-state index contributed by atoms with van der Waals surface area (Å²) in [7, 11) is 0. The molecule has 0 radical (unpaired) electrons. The van der Waals surface area contributed by atoms with Crippen LogP contribution in [0.2, 0.25) is 0 Å². The Labute approximate surface area is 91.5 Å². The van der Waals surface area contributed by atoms with Gasteiger partial charge in [0.15, 0.2) is 0 Å². The van der Waals surface area contributed by atoms with E-state index in [9.17, 15) is 4.79 Å². The highest BCUT2D eigenvalue weighted by Gasteiger charge is 2.13. The lowest BCUT2D eigenvalue weighted by atomic mass is 9.94. The Hall–Kier alpha value is -1.55. The third-order valence-electron chi connectivity index (χ3n) is 2.56. The van der Waals surface area contributed by atoms with Crippen molar-refractivity contribution in [2.24, 2.45) is 0 Å². The Morgan fingerprint density at radius 3 is 2.47 bits per heavy atom. The molecule has 1 nitrogen and oxygen atoms in total. The van der Waals surface area contributed by atoms with Gasteiger partial charge in [0.25, 0.3) is 0 Å². The topological polar surface area (TPSA) is 17.1 Å². The highest BCUT2D eigenvalue weighted by molar-refractivity contribution is 5.85. The number of hydrogen-bond acceptors (Lipinski definition) is 1. The van der Waals surface area contributed by atoms with Crippen molar-refractivity contribution in [3.8, 4) is 12.3 Å². The molecule has 1 atom stereocenters. The lowest BCUT2D eigenvalue weighted by Gasteiger charge is -2.09. The van der Waals surface area contributed by atoms with Gasteiger partial charge in [-0.05, 0) is 24.1 Å². The Morgan fingerprint density at radius 2 is 2.00 bits per heavy atom. The van der Waals surface area contributed by atoms with Gasteiger partial charge in [0.1, 0.15) is 5.78 Å². The number of carbonyl (C=O) groups is 1. The molecule has 0 N–H and O–H groups in total. The first-order chi connectivity index (χ1) is 7.19. The molecule has 0 aliphatic carbocycles. The monoisotopic (exact) mass is 200 g/mol. The Morgan fingerprint density at radius 1 is 1.40 bits per heavy atom. The lowest BCUT2D eigenvalue weighted by Crippen LogP contribution is -2.08. The summed E-state index contributed by atoms with van der Waals surface area (Å²) in [5.41, 5.74) is 1.90. The number of rotatable bonds is 4. The van der Waals surface area contributed by atoms with Crippen LogP contribution in [-0.2, 0) is 4.79 Å². The molecular weight excluding hydrogens is 184 g/mol. The van der Waals surface area contributed by atoms with Crippen molar-refractivity contribution in [1.82, 2.24) is 0 Å². The maximum absolute atomic E-state index is 11.7.